The van der Waals surface area contributed by atoms with Crippen LogP contribution < -0.4 is 0 Å². The molecule has 0 amide bonds. The Morgan fingerprint density at radius 3 is 2.86 bits per heavy atom. The van der Waals surface area contributed by atoms with Gasteiger partial charge < -0.3 is 4.74 Å². The number of rotatable bonds is 6. The molecule has 1 rings (SSSR count). The lowest BCUT2D eigenvalue weighted by atomic mass is 10.1. The summed E-state index contributed by atoms with van der Waals surface area (Å²) in [6.45, 7) is 2.20. The molecule has 0 spiro atoms. The number of nitro groups is 1. The van der Waals surface area contributed by atoms with Gasteiger partial charge in [0, 0.05) is 6.07 Å². The zero-order valence-electron chi connectivity index (χ0n) is 11.3. The molecule has 0 N–H and O–H groups in total. The van der Waals surface area contributed by atoms with Crippen molar-refractivity contribution in [2.45, 2.75) is 19.8 Å². The first-order valence-corrected chi connectivity index (χ1v) is 7.01. The third kappa shape index (κ3) is 5.00. The molecule has 1 aromatic carbocycles. The van der Waals surface area contributed by atoms with Gasteiger partial charge in [0.25, 0.3) is 5.69 Å². The lowest BCUT2D eigenvalue weighted by Crippen LogP contribution is -2.07. The van der Waals surface area contributed by atoms with E-state index in [1.165, 1.54) is 18.2 Å². The molecule has 0 aliphatic rings. The van der Waals surface area contributed by atoms with E-state index in [0.29, 0.717) is 16.5 Å². The Morgan fingerprint density at radius 1 is 1.57 bits per heavy atom. The van der Waals surface area contributed by atoms with Crippen LogP contribution in [0.4, 0.5) is 5.69 Å². The van der Waals surface area contributed by atoms with Crippen molar-refractivity contribution in [3.05, 3.63) is 43.9 Å². The fourth-order valence-corrected chi connectivity index (χ4v) is 1.84. The number of carbonyl (C=O) groups is 1. The Labute approximate surface area is 130 Å². The van der Waals surface area contributed by atoms with Gasteiger partial charge in [-0.15, -0.1) is 0 Å². The van der Waals surface area contributed by atoms with E-state index in [1.54, 1.807) is 12.1 Å². The first-order chi connectivity index (χ1) is 9.99. The smallest absolute Gasteiger partial charge is 0.348 e. The molecular formula is C14H13BrN2O4. The molecule has 6 nitrogen and oxygen atoms in total. The maximum Gasteiger partial charge on any atom is 0.348 e. The maximum atomic E-state index is 11.7. The van der Waals surface area contributed by atoms with E-state index < -0.39 is 10.9 Å². The number of nitro benzene ring substituents is 1. The largest absolute Gasteiger partial charge is 0.462 e. The van der Waals surface area contributed by atoms with Gasteiger partial charge >= 0.3 is 5.97 Å². The van der Waals surface area contributed by atoms with Crippen molar-refractivity contribution in [2.75, 3.05) is 6.61 Å². The maximum absolute atomic E-state index is 11.7. The SMILES string of the molecule is CCCCOC(=O)/C(C#N)=C/c1ccc(Br)c([N+](=O)[O-])c1. The number of ether oxygens (including phenoxy) is 1. The van der Waals surface area contributed by atoms with Crippen LogP contribution in [0.3, 0.4) is 0 Å². The highest BCUT2D eigenvalue weighted by atomic mass is 79.9. The lowest BCUT2D eigenvalue weighted by molar-refractivity contribution is -0.385. The summed E-state index contributed by atoms with van der Waals surface area (Å²) in [6, 6.07) is 6.07. The highest BCUT2D eigenvalue weighted by Crippen LogP contribution is 2.26. The summed E-state index contributed by atoms with van der Waals surface area (Å²) >= 11 is 3.07. The Kier molecular flexibility index (Phi) is 6.56. The average Bonchev–Trinajstić information content (AvgIpc) is 2.46. The van der Waals surface area contributed by atoms with Gasteiger partial charge in [-0.3, -0.25) is 10.1 Å². The minimum Gasteiger partial charge on any atom is -0.462 e. The van der Waals surface area contributed by atoms with Gasteiger partial charge in [0.2, 0.25) is 0 Å². The van der Waals surface area contributed by atoms with Crippen LogP contribution in [0.15, 0.2) is 28.2 Å². The summed E-state index contributed by atoms with van der Waals surface area (Å²) in [5.74, 6) is -0.725. The molecule has 7 heteroatoms. The zero-order chi connectivity index (χ0) is 15.8. The second kappa shape index (κ2) is 8.17. The summed E-state index contributed by atoms with van der Waals surface area (Å²) in [5.41, 5.74) is 0.0528. The van der Waals surface area contributed by atoms with Gasteiger partial charge in [0.05, 0.1) is 16.0 Å². The third-order valence-electron chi connectivity index (χ3n) is 2.55. The Balaban J connectivity index is 2.98. The highest BCUT2D eigenvalue weighted by Gasteiger charge is 2.14. The van der Waals surface area contributed by atoms with Crippen LogP contribution in [0.5, 0.6) is 0 Å². The van der Waals surface area contributed by atoms with Crippen molar-refractivity contribution in [1.82, 2.24) is 0 Å². The van der Waals surface area contributed by atoms with Gasteiger partial charge in [-0.05, 0) is 40.1 Å². The monoisotopic (exact) mass is 352 g/mol. The van der Waals surface area contributed by atoms with Crippen molar-refractivity contribution in [3.8, 4) is 6.07 Å². The second-order valence-electron chi connectivity index (χ2n) is 4.13. The van der Waals surface area contributed by atoms with Crippen molar-refractivity contribution in [2.24, 2.45) is 0 Å². The molecule has 0 fully saturated rings. The number of carbonyl (C=O) groups excluding carboxylic acids is 1. The third-order valence-corrected chi connectivity index (χ3v) is 3.22. The van der Waals surface area contributed by atoms with E-state index in [9.17, 15) is 14.9 Å². The molecule has 0 bridgehead atoms. The molecule has 0 aromatic heterocycles. The van der Waals surface area contributed by atoms with E-state index in [2.05, 4.69) is 15.9 Å². The number of halogens is 1. The molecule has 21 heavy (non-hydrogen) atoms. The molecule has 0 saturated carbocycles. The van der Waals surface area contributed by atoms with Crippen LogP contribution in [0, 0.1) is 21.4 Å². The number of benzene rings is 1. The van der Waals surface area contributed by atoms with Crippen molar-refractivity contribution >= 4 is 33.7 Å². The van der Waals surface area contributed by atoms with Crippen molar-refractivity contribution < 1.29 is 14.5 Å². The molecule has 0 unspecified atom stereocenters. The number of unbranched alkanes of at least 4 members (excludes halogenated alkanes) is 1. The molecule has 0 radical (unpaired) electrons. The van der Waals surface area contributed by atoms with Crippen LogP contribution in [-0.4, -0.2) is 17.5 Å². The molecule has 0 saturated heterocycles. The van der Waals surface area contributed by atoms with Crippen LogP contribution in [-0.2, 0) is 9.53 Å². The van der Waals surface area contributed by atoms with Crippen LogP contribution >= 0.6 is 15.9 Å². The van der Waals surface area contributed by atoms with Gasteiger partial charge in [0.1, 0.15) is 11.6 Å². The summed E-state index contributed by atoms with van der Waals surface area (Å²) < 4.78 is 5.26. The second-order valence-corrected chi connectivity index (χ2v) is 4.98. The predicted octanol–water partition coefficient (Wildman–Crippen LogP) is 3.61. The average molecular weight is 353 g/mol. The molecule has 1 aromatic rings. The van der Waals surface area contributed by atoms with E-state index in [0.717, 1.165) is 6.42 Å². The fourth-order valence-electron chi connectivity index (χ4n) is 1.45. The molecule has 0 aliphatic carbocycles. The topological polar surface area (TPSA) is 93.2 Å². The number of hydrogen-bond acceptors (Lipinski definition) is 5. The summed E-state index contributed by atoms with van der Waals surface area (Å²) in [4.78, 5) is 22.0. The van der Waals surface area contributed by atoms with Gasteiger partial charge in [0.15, 0.2) is 0 Å². The standard InChI is InChI=1S/C14H13BrN2O4/c1-2-3-6-21-14(18)11(9-16)7-10-4-5-12(15)13(8-10)17(19)20/h4-5,7-8H,2-3,6H2,1H3/b11-7+. The van der Waals surface area contributed by atoms with Crippen LogP contribution in [0.2, 0.25) is 0 Å². The number of hydrogen-bond donors (Lipinski definition) is 0. The highest BCUT2D eigenvalue weighted by molar-refractivity contribution is 9.10. The van der Waals surface area contributed by atoms with Crippen molar-refractivity contribution in [1.29, 1.82) is 5.26 Å². The Morgan fingerprint density at radius 2 is 2.29 bits per heavy atom. The normalized spacial score (nSPS) is 10.8. The first kappa shape index (κ1) is 16.9. The van der Waals surface area contributed by atoms with E-state index in [-0.39, 0.29) is 17.9 Å². The van der Waals surface area contributed by atoms with Crippen LogP contribution in [0.25, 0.3) is 6.08 Å². The van der Waals surface area contributed by atoms with E-state index >= 15 is 0 Å². The summed E-state index contributed by atoms with van der Waals surface area (Å²) in [7, 11) is 0. The van der Waals surface area contributed by atoms with E-state index in [1.807, 2.05) is 6.92 Å². The molecule has 0 heterocycles. The molecule has 110 valence electrons. The molecule has 0 aliphatic heterocycles. The number of esters is 1. The molecule has 0 atom stereocenters. The van der Waals surface area contributed by atoms with E-state index in [4.69, 9.17) is 10.00 Å². The Hall–Kier alpha value is -2.20. The Bertz CT molecular complexity index is 620. The van der Waals surface area contributed by atoms with Gasteiger partial charge in [-0.2, -0.15) is 5.26 Å². The lowest BCUT2D eigenvalue weighted by Gasteiger charge is -2.03. The first-order valence-electron chi connectivity index (χ1n) is 6.22. The van der Waals surface area contributed by atoms with Crippen LogP contribution in [0.1, 0.15) is 25.3 Å². The van der Waals surface area contributed by atoms with Gasteiger partial charge in [-0.25, -0.2) is 4.79 Å². The number of nitriles is 1. The fraction of sp³-hybridized carbons (Fsp3) is 0.286. The summed E-state index contributed by atoms with van der Waals surface area (Å²) in [6.07, 6.45) is 2.86. The molecular weight excluding hydrogens is 340 g/mol. The van der Waals surface area contributed by atoms with Gasteiger partial charge in [-0.1, -0.05) is 19.4 Å². The minimum atomic E-state index is -0.725. The minimum absolute atomic E-state index is 0.139. The quantitative estimate of drug-likeness (QED) is 0.194. The predicted molar refractivity (Wildman–Crippen MR) is 80.3 cm³/mol. The number of nitrogens with zero attached hydrogens (tertiary/aromatic N) is 2. The zero-order valence-corrected chi connectivity index (χ0v) is 12.9. The summed E-state index contributed by atoms with van der Waals surface area (Å²) in [5, 5.41) is 19.8. The van der Waals surface area contributed by atoms with Crippen molar-refractivity contribution in [3.63, 3.8) is 0 Å².